The molecule has 0 unspecified atom stereocenters. The first-order valence-electron chi connectivity index (χ1n) is 5.73. The molecule has 0 radical (unpaired) electrons. The zero-order valence-electron chi connectivity index (χ0n) is 10.4. The molecule has 0 aliphatic rings. The van der Waals surface area contributed by atoms with Gasteiger partial charge in [-0.1, -0.05) is 36.4 Å². The smallest absolute Gasteiger partial charge is 0.0236 e. The molecule has 0 aliphatic heterocycles. The third-order valence-electron chi connectivity index (χ3n) is 2.51. The molecule has 2 nitrogen and oxygen atoms in total. The highest BCUT2D eigenvalue weighted by molar-refractivity contribution is 5.27. The maximum Gasteiger partial charge on any atom is 0.0236 e. The Hall–Kier alpha value is -1.12. The van der Waals surface area contributed by atoms with Crippen molar-refractivity contribution >= 4 is 0 Å². The minimum absolute atomic E-state index is 0.710. The predicted molar refractivity (Wildman–Crippen MR) is 70.3 cm³/mol. The summed E-state index contributed by atoms with van der Waals surface area (Å²) < 4.78 is 0. The Morgan fingerprint density at radius 3 is 2.50 bits per heavy atom. The largest absolute Gasteiger partial charge is 0.330 e. The highest BCUT2D eigenvalue weighted by Crippen LogP contribution is 2.11. The summed E-state index contributed by atoms with van der Waals surface area (Å²) in [6.45, 7) is 8.60. The minimum atomic E-state index is 0.710. The second kappa shape index (κ2) is 6.46. The van der Waals surface area contributed by atoms with Crippen LogP contribution >= 0.6 is 0 Å². The van der Waals surface area contributed by atoms with Crippen LogP contribution in [0.1, 0.15) is 18.1 Å². The van der Waals surface area contributed by atoms with Crippen molar-refractivity contribution < 1.29 is 0 Å². The third kappa shape index (κ3) is 4.17. The van der Waals surface area contributed by atoms with Gasteiger partial charge >= 0.3 is 0 Å². The van der Waals surface area contributed by atoms with E-state index in [1.165, 1.54) is 16.7 Å². The Labute approximate surface area is 98.8 Å². The highest BCUT2D eigenvalue weighted by Gasteiger charge is 2.04. The number of nitrogens with zero attached hydrogens (tertiary/aromatic N) is 1. The van der Waals surface area contributed by atoms with Crippen LogP contribution in [-0.2, 0) is 13.0 Å². The van der Waals surface area contributed by atoms with Crippen LogP contribution in [0.15, 0.2) is 36.4 Å². The van der Waals surface area contributed by atoms with Crippen LogP contribution in [0.2, 0.25) is 0 Å². The normalized spacial score (nSPS) is 10.8. The van der Waals surface area contributed by atoms with E-state index in [1.807, 2.05) is 0 Å². The van der Waals surface area contributed by atoms with E-state index in [9.17, 15) is 0 Å². The Morgan fingerprint density at radius 1 is 1.31 bits per heavy atom. The molecule has 0 aromatic heterocycles. The molecule has 0 saturated heterocycles. The summed E-state index contributed by atoms with van der Waals surface area (Å²) in [5.74, 6) is 0. The van der Waals surface area contributed by atoms with Gasteiger partial charge in [0.25, 0.3) is 0 Å². The zero-order chi connectivity index (χ0) is 12.0. The molecule has 1 rings (SSSR count). The van der Waals surface area contributed by atoms with Crippen LogP contribution in [0.3, 0.4) is 0 Å². The third-order valence-corrected chi connectivity index (χ3v) is 2.51. The number of rotatable bonds is 6. The molecule has 88 valence electrons. The van der Waals surface area contributed by atoms with E-state index in [2.05, 4.69) is 49.7 Å². The molecular weight excluding hydrogens is 196 g/mol. The quantitative estimate of drug-likeness (QED) is 0.742. The Kier molecular flexibility index (Phi) is 5.23. The lowest BCUT2D eigenvalue weighted by molar-refractivity contribution is 0.354. The topological polar surface area (TPSA) is 29.3 Å². The van der Waals surface area contributed by atoms with Gasteiger partial charge < -0.3 is 5.73 Å². The van der Waals surface area contributed by atoms with Crippen molar-refractivity contribution in [2.75, 3.05) is 20.1 Å². The van der Waals surface area contributed by atoms with Crippen molar-refractivity contribution in [1.29, 1.82) is 0 Å². The van der Waals surface area contributed by atoms with Crippen molar-refractivity contribution in [2.45, 2.75) is 19.9 Å². The van der Waals surface area contributed by atoms with Crippen LogP contribution in [0.4, 0.5) is 0 Å². The van der Waals surface area contributed by atoms with Crippen LogP contribution in [0.5, 0.6) is 0 Å². The molecule has 0 atom stereocenters. The fraction of sp³-hybridized carbons (Fsp3) is 0.429. The summed E-state index contributed by atoms with van der Waals surface area (Å²) >= 11 is 0. The van der Waals surface area contributed by atoms with E-state index in [-0.39, 0.29) is 0 Å². The second-order valence-corrected chi connectivity index (χ2v) is 4.44. The zero-order valence-corrected chi connectivity index (χ0v) is 10.4. The van der Waals surface area contributed by atoms with Crippen molar-refractivity contribution in [2.24, 2.45) is 5.73 Å². The molecule has 2 heteroatoms. The standard InChI is InChI=1S/C14H22N2/c1-12(2)10-16(3)11-14-7-5-4-6-13(14)8-9-15/h4-7H,1,8-11,15H2,2-3H3. The van der Waals surface area contributed by atoms with Crippen molar-refractivity contribution in [3.8, 4) is 0 Å². The predicted octanol–water partition coefficient (Wildman–Crippen LogP) is 2.20. The molecule has 0 aliphatic carbocycles. The summed E-state index contributed by atoms with van der Waals surface area (Å²) in [6, 6.07) is 8.51. The van der Waals surface area contributed by atoms with Gasteiger partial charge in [-0.25, -0.2) is 0 Å². The van der Waals surface area contributed by atoms with Gasteiger partial charge in [0.1, 0.15) is 0 Å². The van der Waals surface area contributed by atoms with Crippen molar-refractivity contribution in [3.05, 3.63) is 47.5 Å². The first kappa shape index (κ1) is 12.9. The Morgan fingerprint density at radius 2 is 1.94 bits per heavy atom. The second-order valence-electron chi connectivity index (χ2n) is 4.44. The van der Waals surface area contributed by atoms with Gasteiger partial charge in [-0.15, -0.1) is 0 Å². The summed E-state index contributed by atoms with van der Waals surface area (Å²) in [5, 5.41) is 0. The first-order valence-corrected chi connectivity index (χ1v) is 5.73. The average Bonchev–Trinajstić information content (AvgIpc) is 2.20. The van der Waals surface area contributed by atoms with Crippen LogP contribution in [0, 0.1) is 0 Å². The first-order chi connectivity index (χ1) is 7.63. The molecule has 0 spiro atoms. The maximum atomic E-state index is 5.61. The molecule has 0 fully saturated rings. The lowest BCUT2D eigenvalue weighted by Crippen LogP contribution is -2.20. The number of hydrogen-bond donors (Lipinski definition) is 1. The maximum absolute atomic E-state index is 5.61. The van der Waals surface area contributed by atoms with Crippen LogP contribution < -0.4 is 5.73 Å². The summed E-state index contributed by atoms with van der Waals surface area (Å²) in [4.78, 5) is 2.28. The Bertz CT molecular complexity index is 344. The SMILES string of the molecule is C=C(C)CN(C)Cc1ccccc1CCN. The van der Waals surface area contributed by atoms with E-state index in [0.717, 1.165) is 19.5 Å². The molecule has 2 N–H and O–H groups in total. The van der Waals surface area contributed by atoms with Crippen molar-refractivity contribution in [1.82, 2.24) is 4.90 Å². The van der Waals surface area contributed by atoms with Gasteiger partial charge in [-0.05, 0) is 38.1 Å². The molecule has 1 aromatic carbocycles. The number of likely N-dealkylation sites (N-methyl/N-ethyl adjacent to an activating group) is 1. The number of hydrogen-bond acceptors (Lipinski definition) is 2. The van der Waals surface area contributed by atoms with Gasteiger partial charge in [-0.2, -0.15) is 0 Å². The summed E-state index contributed by atoms with van der Waals surface area (Å²) in [5.41, 5.74) is 9.54. The van der Waals surface area contributed by atoms with Gasteiger partial charge in [-0.3, -0.25) is 4.90 Å². The van der Waals surface area contributed by atoms with Crippen LogP contribution in [0.25, 0.3) is 0 Å². The lowest BCUT2D eigenvalue weighted by atomic mass is 10.0. The van der Waals surface area contributed by atoms with Gasteiger partial charge in [0.05, 0.1) is 0 Å². The molecule has 0 saturated carbocycles. The molecule has 0 bridgehead atoms. The molecular formula is C14H22N2. The fourth-order valence-electron chi connectivity index (χ4n) is 1.92. The van der Waals surface area contributed by atoms with E-state index < -0.39 is 0 Å². The van der Waals surface area contributed by atoms with Gasteiger partial charge in [0, 0.05) is 13.1 Å². The summed E-state index contributed by atoms with van der Waals surface area (Å²) in [7, 11) is 2.12. The Balaban J connectivity index is 2.68. The van der Waals surface area contributed by atoms with E-state index in [4.69, 9.17) is 5.73 Å². The van der Waals surface area contributed by atoms with Gasteiger partial charge in [0.15, 0.2) is 0 Å². The monoisotopic (exact) mass is 218 g/mol. The highest BCUT2D eigenvalue weighted by atomic mass is 15.1. The number of nitrogens with two attached hydrogens (primary N) is 1. The number of benzene rings is 1. The molecule has 0 amide bonds. The average molecular weight is 218 g/mol. The molecule has 0 heterocycles. The molecule has 16 heavy (non-hydrogen) atoms. The van der Waals surface area contributed by atoms with Crippen LogP contribution in [-0.4, -0.2) is 25.0 Å². The lowest BCUT2D eigenvalue weighted by Gasteiger charge is -2.18. The minimum Gasteiger partial charge on any atom is -0.330 e. The van der Waals surface area contributed by atoms with E-state index in [1.54, 1.807) is 0 Å². The van der Waals surface area contributed by atoms with Gasteiger partial charge in [0.2, 0.25) is 0 Å². The summed E-state index contributed by atoms with van der Waals surface area (Å²) in [6.07, 6.45) is 0.955. The van der Waals surface area contributed by atoms with Crippen molar-refractivity contribution in [3.63, 3.8) is 0 Å². The molecule has 1 aromatic rings. The van der Waals surface area contributed by atoms with E-state index in [0.29, 0.717) is 6.54 Å². The van der Waals surface area contributed by atoms with E-state index >= 15 is 0 Å². The fourth-order valence-corrected chi connectivity index (χ4v) is 1.92.